The fraction of sp³-hybridized carbons (Fsp3) is 0.467. The van der Waals surface area contributed by atoms with Crippen LogP contribution in [0.15, 0.2) is 18.2 Å². The van der Waals surface area contributed by atoms with Crippen LogP contribution in [0.2, 0.25) is 0 Å². The molecule has 1 aromatic heterocycles. The molecule has 1 aliphatic heterocycles. The SMILES string of the molecule is COc1ccc2c(c1)c(CCN)c1n2CCN(C)C1. The van der Waals surface area contributed by atoms with E-state index in [0.717, 1.165) is 31.8 Å². The van der Waals surface area contributed by atoms with E-state index in [1.807, 2.05) is 6.07 Å². The molecule has 0 unspecified atom stereocenters. The highest BCUT2D eigenvalue weighted by molar-refractivity contribution is 5.87. The summed E-state index contributed by atoms with van der Waals surface area (Å²) in [6, 6.07) is 6.36. The molecule has 19 heavy (non-hydrogen) atoms. The summed E-state index contributed by atoms with van der Waals surface area (Å²) in [6.45, 7) is 3.85. The van der Waals surface area contributed by atoms with Crippen LogP contribution in [0, 0.1) is 0 Å². The van der Waals surface area contributed by atoms with Crippen LogP contribution in [-0.2, 0) is 19.5 Å². The van der Waals surface area contributed by atoms with Crippen molar-refractivity contribution in [1.82, 2.24) is 9.47 Å². The van der Waals surface area contributed by atoms with E-state index in [2.05, 4.69) is 28.6 Å². The van der Waals surface area contributed by atoms with E-state index in [4.69, 9.17) is 10.5 Å². The normalized spacial score (nSPS) is 15.7. The van der Waals surface area contributed by atoms with Gasteiger partial charge in [0.2, 0.25) is 0 Å². The van der Waals surface area contributed by atoms with Gasteiger partial charge in [-0.15, -0.1) is 0 Å². The molecule has 0 aliphatic carbocycles. The topological polar surface area (TPSA) is 43.4 Å². The smallest absolute Gasteiger partial charge is 0.119 e. The van der Waals surface area contributed by atoms with Crippen molar-refractivity contribution in [3.63, 3.8) is 0 Å². The number of hydrogen-bond donors (Lipinski definition) is 1. The molecule has 0 amide bonds. The summed E-state index contributed by atoms with van der Waals surface area (Å²) in [7, 11) is 3.89. The summed E-state index contributed by atoms with van der Waals surface area (Å²) in [4.78, 5) is 2.37. The molecular weight excluding hydrogens is 238 g/mol. The maximum Gasteiger partial charge on any atom is 0.119 e. The van der Waals surface area contributed by atoms with Gasteiger partial charge in [-0.3, -0.25) is 4.90 Å². The summed E-state index contributed by atoms with van der Waals surface area (Å²) in [5.74, 6) is 0.919. The number of aromatic nitrogens is 1. The lowest BCUT2D eigenvalue weighted by atomic mass is 10.1. The lowest BCUT2D eigenvalue weighted by Crippen LogP contribution is -2.30. The number of benzene rings is 1. The number of fused-ring (bicyclic) bond motifs is 3. The molecule has 0 saturated heterocycles. The summed E-state index contributed by atoms with van der Waals surface area (Å²) < 4.78 is 7.80. The van der Waals surface area contributed by atoms with Crippen LogP contribution in [-0.4, -0.2) is 36.7 Å². The number of hydrogen-bond acceptors (Lipinski definition) is 3. The van der Waals surface area contributed by atoms with Gasteiger partial charge in [0.1, 0.15) is 5.75 Å². The fourth-order valence-corrected chi connectivity index (χ4v) is 3.05. The van der Waals surface area contributed by atoms with Gasteiger partial charge in [0.05, 0.1) is 7.11 Å². The van der Waals surface area contributed by atoms with Crippen molar-refractivity contribution < 1.29 is 4.74 Å². The Morgan fingerprint density at radius 1 is 1.32 bits per heavy atom. The summed E-state index contributed by atoms with van der Waals surface area (Å²) >= 11 is 0. The number of likely N-dealkylation sites (N-methyl/N-ethyl adjacent to an activating group) is 1. The average molecular weight is 259 g/mol. The van der Waals surface area contributed by atoms with Crippen molar-refractivity contribution in [2.24, 2.45) is 5.73 Å². The molecule has 4 heteroatoms. The Morgan fingerprint density at radius 3 is 2.89 bits per heavy atom. The summed E-state index contributed by atoms with van der Waals surface area (Å²) in [5, 5.41) is 1.30. The molecule has 0 spiro atoms. The van der Waals surface area contributed by atoms with Gasteiger partial charge in [-0.25, -0.2) is 0 Å². The Labute approximate surface area is 113 Å². The Kier molecular flexibility index (Phi) is 3.21. The molecule has 2 N–H and O–H groups in total. The molecule has 0 bridgehead atoms. The monoisotopic (exact) mass is 259 g/mol. The fourth-order valence-electron chi connectivity index (χ4n) is 3.05. The predicted octanol–water partition coefficient (Wildman–Crippen LogP) is 1.60. The Morgan fingerprint density at radius 2 is 2.16 bits per heavy atom. The minimum Gasteiger partial charge on any atom is -0.497 e. The highest BCUT2D eigenvalue weighted by Crippen LogP contribution is 2.32. The third-order valence-corrected chi connectivity index (χ3v) is 4.01. The molecule has 1 aliphatic rings. The van der Waals surface area contributed by atoms with Crippen molar-refractivity contribution in [1.29, 1.82) is 0 Å². The number of nitrogens with two attached hydrogens (primary N) is 1. The maximum atomic E-state index is 5.79. The number of rotatable bonds is 3. The van der Waals surface area contributed by atoms with E-state index in [0.29, 0.717) is 6.54 Å². The molecule has 1 aromatic carbocycles. The number of nitrogens with zero attached hydrogens (tertiary/aromatic N) is 2. The summed E-state index contributed by atoms with van der Waals surface area (Å²) in [5.41, 5.74) is 9.92. The Bertz CT molecular complexity index is 603. The van der Waals surface area contributed by atoms with E-state index < -0.39 is 0 Å². The molecular formula is C15H21N3O. The Hall–Kier alpha value is -1.52. The van der Waals surface area contributed by atoms with Gasteiger partial charge in [-0.05, 0) is 43.8 Å². The first-order chi connectivity index (χ1) is 9.24. The summed E-state index contributed by atoms with van der Waals surface area (Å²) in [6.07, 6.45) is 0.930. The van der Waals surface area contributed by atoms with Crippen molar-refractivity contribution in [2.45, 2.75) is 19.5 Å². The van der Waals surface area contributed by atoms with E-state index >= 15 is 0 Å². The molecule has 2 heterocycles. The molecule has 2 aromatic rings. The second-order valence-electron chi connectivity index (χ2n) is 5.24. The van der Waals surface area contributed by atoms with E-state index in [-0.39, 0.29) is 0 Å². The zero-order valence-electron chi connectivity index (χ0n) is 11.6. The van der Waals surface area contributed by atoms with Gasteiger partial charge < -0.3 is 15.0 Å². The second-order valence-corrected chi connectivity index (χ2v) is 5.24. The molecule has 0 fully saturated rings. The minimum absolute atomic E-state index is 0.688. The molecule has 4 nitrogen and oxygen atoms in total. The van der Waals surface area contributed by atoms with Crippen molar-refractivity contribution in [2.75, 3.05) is 27.2 Å². The Balaban J connectivity index is 2.23. The largest absolute Gasteiger partial charge is 0.497 e. The van der Waals surface area contributed by atoms with Gasteiger partial charge in [0.15, 0.2) is 0 Å². The second kappa shape index (κ2) is 4.87. The zero-order chi connectivity index (χ0) is 13.4. The third-order valence-electron chi connectivity index (χ3n) is 4.01. The van der Waals surface area contributed by atoms with Crippen LogP contribution < -0.4 is 10.5 Å². The standard InChI is InChI=1S/C15H21N3O/c1-17-7-8-18-14-4-3-11(19-2)9-13(14)12(5-6-16)15(18)10-17/h3-4,9H,5-8,10,16H2,1-2H3. The predicted molar refractivity (Wildman–Crippen MR) is 77.6 cm³/mol. The number of methoxy groups -OCH3 is 1. The van der Waals surface area contributed by atoms with Crippen LogP contribution in [0.25, 0.3) is 10.9 Å². The molecule has 0 radical (unpaired) electrons. The van der Waals surface area contributed by atoms with Crippen molar-refractivity contribution in [3.05, 3.63) is 29.5 Å². The van der Waals surface area contributed by atoms with Gasteiger partial charge >= 0.3 is 0 Å². The highest BCUT2D eigenvalue weighted by Gasteiger charge is 2.21. The lowest BCUT2D eigenvalue weighted by molar-refractivity contribution is 0.271. The van der Waals surface area contributed by atoms with Crippen LogP contribution in [0.5, 0.6) is 5.75 Å². The maximum absolute atomic E-state index is 5.79. The lowest BCUT2D eigenvalue weighted by Gasteiger charge is -2.26. The minimum atomic E-state index is 0.688. The van der Waals surface area contributed by atoms with E-state index in [1.165, 1.54) is 22.2 Å². The quantitative estimate of drug-likeness (QED) is 0.910. The van der Waals surface area contributed by atoms with Crippen molar-refractivity contribution in [3.8, 4) is 5.75 Å². The first kappa shape index (κ1) is 12.5. The van der Waals surface area contributed by atoms with Crippen LogP contribution in [0.4, 0.5) is 0 Å². The first-order valence-electron chi connectivity index (χ1n) is 6.81. The third kappa shape index (κ3) is 2.01. The zero-order valence-corrected chi connectivity index (χ0v) is 11.6. The van der Waals surface area contributed by atoms with Gasteiger partial charge in [0, 0.05) is 36.2 Å². The van der Waals surface area contributed by atoms with Gasteiger partial charge in [-0.2, -0.15) is 0 Å². The molecule has 102 valence electrons. The van der Waals surface area contributed by atoms with E-state index in [1.54, 1.807) is 7.11 Å². The number of ether oxygens (including phenoxy) is 1. The van der Waals surface area contributed by atoms with Crippen LogP contribution >= 0.6 is 0 Å². The van der Waals surface area contributed by atoms with E-state index in [9.17, 15) is 0 Å². The van der Waals surface area contributed by atoms with Crippen LogP contribution in [0.1, 0.15) is 11.3 Å². The average Bonchev–Trinajstić information content (AvgIpc) is 2.72. The van der Waals surface area contributed by atoms with Crippen LogP contribution in [0.3, 0.4) is 0 Å². The molecule has 3 rings (SSSR count). The van der Waals surface area contributed by atoms with Gasteiger partial charge in [0.25, 0.3) is 0 Å². The first-order valence-corrected chi connectivity index (χ1v) is 6.81. The molecule has 0 saturated carbocycles. The van der Waals surface area contributed by atoms with Gasteiger partial charge in [-0.1, -0.05) is 0 Å². The van der Waals surface area contributed by atoms with Crippen molar-refractivity contribution >= 4 is 10.9 Å². The highest BCUT2D eigenvalue weighted by atomic mass is 16.5. The molecule has 0 atom stereocenters.